The molecule has 24 heavy (non-hydrogen) atoms. The molecule has 0 aliphatic carbocycles. The number of aliphatic hydroxyl groups is 1. The SMILES string of the molecule is O=CC1=CC(O)C(n2ccc(NC(=O)c3ccccc3)nc2=O)O1. The number of allylic oxidation sites excluding steroid dienone is 1. The summed E-state index contributed by atoms with van der Waals surface area (Å²) in [6.07, 6.45) is 0.759. The molecule has 3 rings (SSSR count). The van der Waals surface area contributed by atoms with Crippen molar-refractivity contribution in [2.24, 2.45) is 0 Å². The van der Waals surface area contributed by atoms with Crippen LogP contribution in [0.2, 0.25) is 0 Å². The number of rotatable bonds is 4. The van der Waals surface area contributed by atoms with Crippen LogP contribution in [0.15, 0.2) is 59.2 Å². The van der Waals surface area contributed by atoms with Gasteiger partial charge in [-0.2, -0.15) is 4.98 Å². The molecule has 2 N–H and O–H groups in total. The van der Waals surface area contributed by atoms with E-state index in [0.717, 1.165) is 4.57 Å². The predicted molar refractivity (Wildman–Crippen MR) is 83.2 cm³/mol. The van der Waals surface area contributed by atoms with Crippen LogP contribution in [0.3, 0.4) is 0 Å². The molecule has 2 aromatic rings. The normalized spacial score (nSPS) is 19.3. The number of hydrogen-bond acceptors (Lipinski definition) is 6. The second-order valence-corrected chi connectivity index (χ2v) is 5.01. The van der Waals surface area contributed by atoms with E-state index < -0.39 is 23.9 Å². The van der Waals surface area contributed by atoms with Gasteiger partial charge in [0.25, 0.3) is 5.91 Å². The first-order valence-electron chi connectivity index (χ1n) is 7.06. The van der Waals surface area contributed by atoms with Gasteiger partial charge < -0.3 is 15.2 Å². The number of amides is 1. The van der Waals surface area contributed by atoms with Crippen molar-refractivity contribution in [1.82, 2.24) is 9.55 Å². The summed E-state index contributed by atoms with van der Waals surface area (Å²) in [5.74, 6) is -0.385. The standard InChI is InChI=1S/C16H13N3O5/c20-9-11-8-12(21)15(24-11)19-7-6-13(18-16(19)23)17-14(22)10-4-2-1-3-5-10/h1-9,12,15,21H,(H,17,18,22,23). The number of carbonyl (C=O) groups is 2. The van der Waals surface area contributed by atoms with Crippen LogP contribution in [0.1, 0.15) is 16.6 Å². The van der Waals surface area contributed by atoms with Gasteiger partial charge in [0.05, 0.1) is 0 Å². The molecule has 8 heteroatoms. The van der Waals surface area contributed by atoms with Crippen molar-refractivity contribution in [2.45, 2.75) is 12.3 Å². The van der Waals surface area contributed by atoms with Gasteiger partial charge in [-0.3, -0.25) is 14.2 Å². The summed E-state index contributed by atoms with van der Waals surface area (Å²) in [7, 11) is 0. The third-order valence-corrected chi connectivity index (χ3v) is 3.38. The fraction of sp³-hybridized carbons (Fsp3) is 0.125. The molecule has 122 valence electrons. The monoisotopic (exact) mass is 327 g/mol. The number of anilines is 1. The number of aromatic nitrogens is 2. The summed E-state index contributed by atoms with van der Waals surface area (Å²) in [6.45, 7) is 0. The number of nitrogens with one attached hydrogen (secondary N) is 1. The lowest BCUT2D eigenvalue weighted by Gasteiger charge is -2.17. The third-order valence-electron chi connectivity index (χ3n) is 3.38. The molecular formula is C16H13N3O5. The maximum absolute atomic E-state index is 12.1. The summed E-state index contributed by atoms with van der Waals surface area (Å²) in [5.41, 5.74) is -0.302. The topological polar surface area (TPSA) is 111 Å². The average Bonchev–Trinajstić information content (AvgIpc) is 2.96. The molecule has 0 spiro atoms. The highest BCUT2D eigenvalue weighted by molar-refractivity contribution is 6.03. The van der Waals surface area contributed by atoms with Gasteiger partial charge in [-0.05, 0) is 24.3 Å². The predicted octanol–water partition coefficient (Wildman–Crippen LogP) is 0.468. The highest BCUT2D eigenvalue weighted by atomic mass is 16.5. The zero-order valence-electron chi connectivity index (χ0n) is 12.3. The van der Waals surface area contributed by atoms with E-state index in [1.54, 1.807) is 30.3 Å². The minimum atomic E-state index is -1.14. The van der Waals surface area contributed by atoms with Crippen molar-refractivity contribution in [3.8, 4) is 0 Å². The maximum atomic E-state index is 12.1. The Labute approximate surface area is 136 Å². The minimum Gasteiger partial charge on any atom is -0.464 e. The van der Waals surface area contributed by atoms with Crippen LogP contribution < -0.4 is 11.0 Å². The lowest BCUT2D eigenvalue weighted by molar-refractivity contribution is -0.109. The van der Waals surface area contributed by atoms with Gasteiger partial charge in [-0.15, -0.1) is 0 Å². The molecule has 0 saturated heterocycles. The molecule has 2 heterocycles. The first-order chi connectivity index (χ1) is 11.6. The molecule has 1 aliphatic heterocycles. The molecule has 0 bridgehead atoms. The van der Waals surface area contributed by atoms with Crippen LogP contribution in [-0.2, 0) is 9.53 Å². The first-order valence-corrected chi connectivity index (χ1v) is 7.06. The summed E-state index contributed by atoms with van der Waals surface area (Å²) >= 11 is 0. The van der Waals surface area contributed by atoms with Crippen LogP contribution in [-0.4, -0.2) is 33.0 Å². The largest absolute Gasteiger partial charge is 0.464 e. The molecule has 2 unspecified atom stereocenters. The van der Waals surface area contributed by atoms with Gasteiger partial charge >= 0.3 is 5.69 Å². The van der Waals surface area contributed by atoms with Gasteiger partial charge in [0.1, 0.15) is 11.9 Å². The van der Waals surface area contributed by atoms with E-state index in [9.17, 15) is 19.5 Å². The smallest absolute Gasteiger partial charge is 0.352 e. The van der Waals surface area contributed by atoms with Crippen LogP contribution >= 0.6 is 0 Å². The number of hydrogen-bond donors (Lipinski definition) is 2. The second-order valence-electron chi connectivity index (χ2n) is 5.01. The fourth-order valence-corrected chi connectivity index (χ4v) is 2.24. The maximum Gasteiger partial charge on any atom is 0.352 e. The molecular weight excluding hydrogens is 314 g/mol. The van der Waals surface area contributed by atoms with E-state index in [2.05, 4.69) is 10.3 Å². The van der Waals surface area contributed by atoms with Crippen molar-refractivity contribution in [3.05, 3.63) is 70.5 Å². The van der Waals surface area contributed by atoms with E-state index in [1.165, 1.54) is 18.3 Å². The lowest BCUT2D eigenvalue weighted by atomic mass is 10.2. The first kappa shape index (κ1) is 15.6. The Morgan fingerprint density at radius 1 is 1.29 bits per heavy atom. The average molecular weight is 327 g/mol. The third kappa shape index (κ3) is 3.08. The van der Waals surface area contributed by atoms with Gasteiger partial charge in [-0.25, -0.2) is 4.79 Å². The molecule has 0 saturated carbocycles. The Balaban J connectivity index is 1.77. The number of aldehydes is 1. The Morgan fingerprint density at radius 2 is 2.04 bits per heavy atom. The molecule has 1 aromatic heterocycles. The second kappa shape index (κ2) is 6.47. The summed E-state index contributed by atoms with van der Waals surface area (Å²) < 4.78 is 6.20. The number of aliphatic hydroxyl groups excluding tert-OH is 1. The van der Waals surface area contributed by atoms with Gasteiger partial charge in [0.15, 0.2) is 12.0 Å². The highest BCUT2D eigenvalue weighted by Crippen LogP contribution is 2.24. The van der Waals surface area contributed by atoms with E-state index in [0.29, 0.717) is 11.8 Å². The van der Waals surface area contributed by atoms with Crippen LogP contribution in [0.25, 0.3) is 0 Å². The quantitative estimate of drug-likeness (QED) is 0.790. The zero-order chi connectivity index (χ0) is 17.1. The van der Waals surface area contributed by atoms with Crippen molar-refractivity contribution in [3.63, 3.8) is 0 Å². The molecule has 1 aliphatic rings. The van der Waals surface area contributed by atoms with Crippen molar-refractivity contribution in [1.29, 1.82) is 0 Å². The Hall–Kier alpha value is -3.26. The van der Waals surface area contributed by atoms with Gasteiger partial charge in [-0.1, -0.05) is 18.2 Å². The zero-order valence-corrected chi connectivity index (χ0v) is 12.3. The van der Waals surface area contributed by atoms with Crippen LogP contribution in [0.4, 0.5) is 5.82 Å². The Morgan fingerprint density at radius 3 is 2.67 bits per heavy atom. The van der Waals surface area contributed by atoms with E-state index >= 15 is 0 Å². The minimum absolute atomic E-state index is 0.0548. The number of benzene rings is 1. The molecule has 0 radical (unpaired) electrons. The van der Waals surface area contributed by atoms with Crippen LogP contribution in [0, 0.1) is 0 Å². The van der Waals surface area contributed by atoms with Crippen LogP contribution in [0.5, 0.6) is 0 Å². The molecule has 1 aromatic carbocycles. The van der Waals surface area contributed by atoms with E-state index in [4.69, 9.17) is 4.74 Å². The Kier molecular flexibility index (Phi) is 4.21. The molecule has 8 nitrogen and oxygen atoms in total. The number of ether oxygens (including phenoxy) is 1. The van der Waals surface area contributed by atoms with Gasteiger partial charge in [0.2, 0.25) is 6.23 Å². The summed E-state index contributed by atoms with van der Waals surface area (Å²) in [5, 5.41) is 12.3. The van der Waals surface area contributed by atoms with Crippen molar-refractivity contribution >= 4 is 18.0 Å². The summed E-state index contributed by atoms with van der Waals surface area (Å²) in [6, 6.07) is 9.88. The Bertz CT molecular complexity index is 860. The van der Waals surface area contributed by atoms with Crippen molar-refractivity contribution in [2.75, 3.05) is 5.32 Å². The van der Waals surface area contributed by atoms with E-state index in [1.807, 2.05) is 0 Å². The highest BCUT2D eigenvalue weighted by Gasteiger charge is 2.29. The fourth-order valence-electron chi connectivity index (χ4n) is 2.24. The lowest BCUT2D eigenvalue weighted by Crippen LogP contribution is -2.32. The molecule has 1 amide bonds. The molecule has 0 fully saturated rings. The van der Waals surface area contributed by atoms with Crippen molar-refractivity contribution < 1.29 is 19.4 Å². The van der Waals surface area contributed by atoms with E-state index in [-0.39, 0.29) is 11.6 Å². The number of nitrogens with zero attached hydrogens (tertiary/aromatic N) is 2. The van der Waals surface area contributed by atoms with Gasteiger partial charge in [0, 0.05) is 11.8 Å². The summed E-state index contributed by atoms with van der Waals surface area (Å²) in [4.78, 5) is 38.5. The number of carbonyl (C=O) groups excluding carboxylic acids is 2. The molecule has 2 atom stereocenters.